The maximum Gasteiger partial charge on any atom is 0.410 e. The summed E-state index contributed by atoms with van der Waals surface area (Å²) in [6.07, 6.45) is 2.15. The van der Waals surface area contributed by atoms with Gasteiger partial charge in [-0.3, -0.25) is 4.79 Å². The molecule has 23 heavy (non-hydrogen) atoms. The Kier molecular flexibility index (Phi) is 4.21. The van der Waals surface area contributed by atoms with Gasteiger partial charge in [0, 0.05) is 13.1 Å². The molecular weight excluding hydrogens is 298 g/mol. The van der Waals surface area contributed by atoms with Crippen molar-refractivity contribution in [2.24, 2.45) is 10.8 Å². The van der Waals surface area contributed by atoms with Crippen LogP contribution in [0, 0.1) is 10.8 Å². The molecule has 2 rings (SSSR count). The highest BCUT2D eigenvalue weighted by Crippen LogP contribution is 2.53. The van der Waals surface area contributed by atoms with Crippen molar-refractivity contribution in [1.29, 1.82) is 0 Å². The first kappa shape index (κ1) is 18.0. The second kappa shape index (κ2) is 5.36. The molecule has 1 saturated heterocycles. The maximum absolute atomic E-state index is 12.1. The van der Waals surface area contributed by atoms with Gasteiger partial charge in [-0.25, -0.2) is 4.79 Å². The van der Waals surface area contributed by atoms with E-state index in [2.05, 4.69) is 13.8 Å². The van der Waals surface area contributed by atoms with Crippen LogP contribution in [0.5, 0.6) is 0 Å². The fraction of sp³-hybridized carbons (Fsp3) is 0.882. The summed E-state index contributed by atoms with van der Waals surface area (Å²) < 4.78 is 5.29. The summed E-state index contributed by atoms with van der Waals surface area (Å²) in [6.45, 7) is 9.42. The average molecular weight is 327 g/mol. The minimum atomic E-state index is -1.29. The van der Waals surface area contributed by atoms with Crippen LogP contribution in [0.15, 0.2) is 0 Å². The fourth-order valence-corrected chi connectivity index (χ4v) is 3.93. The molecule has 0 aromatic rings. The van der Waals surface area contributed by atoms with E-state index in [0.717, 1.165) is 12.8 Å². The Bertz CT molecular complexity index is 502. The number of ether oxygens (including phenoxy) is 1. The van der Waals surface area contributed by atoms with Gasteiger partial charge in [0.25, 0.3) is 0 Å². The predicted octanol–water partition coefficient (Wildman–Crippen LogP) is 2.64. The average Bonchev–Trinajstić information content (AvgIpc) is 2.21. The summed E-state index contributed by atoms with van der Waals surface area (Å²) in [5.41, 5.74) is -3.29. The van der Waals surface area contributed by atoms with Gasteiger partial charge in [0.15, 0.2) is 0 Å². The second-order valence-corrected chi connectivity index (χ2v) is 8.95. The lowest BCUT2D eigenvalue weighted by molar-refractivity contribution is -0.209. The topological polar surface area (TPSA) is 87.1 Å². The van der Waals surface area contributed by atoms with Crippen LogP contribution in [0.2, 0.25) is 0 Å². The van der Waals surface area contributed by atoms with E-state index in [-0.39, 0.29) is 18.5 Å². The van der Waals surface area contributed by atoms with Crippen molar-refractivity contribution in [3.8, 4) is 0 Å². The maximum atomic E-state index is 12.1. The Labute approximate surface area is 137 Å². The number of likely N-dealkylation sites (tertiary alicyclic amines) is 1. The standard InChI is InChI=1S/C17H29NO5/c1-14(2,3)23-13(21)18-10-16(11-18,12(19)20)17(22)8-6-7-15(4,5)9-17/h22H,6-11H2,1-5H3,(H,19,20). The van der Waals surface area contributed by atoms with E-state index in [9.17, 15) is 19.8 Å². The van der Waals surface area contributed by atoms with E-state index in [0.29, 0.717) is 12.8 Å². The molecule has 1 atom stereocenters. The number of carboxylic acid groups (broad SMARTS) is 1. The number of nitrogens with zero attached hydrogens (tertiary/aromatic N) is 1. The van der Waals surface area contributed by atoms with Crippen molar-refractivity contribution < 1.29 is 24.5 Å². The third kappa shape index (κ3) is 3.32. The van der Waals surface area contributed by atoms with Crippen molar-refractivity contribution in [2.75, 3.05) is 13.1 Å². The van der Waals surface area contributed by atoms with E-state index in [4.69, 9.17) is 4.74 Å². The molecule has 1 amide bonds. The van der Waals surface area contributed by atoms with E-state index < -0.39 is 28.7 Å². The molecule has 1 saturated carbocycles. The van der Waals surface area contributed by atoms with Crippen molar-refractivity contribution >= 4 is 12.1 Å². The first-order valence-electron chi connectivity index (χ1n) is 8.24. The van der Waals surface area contributed by atoms with Crippen LogP contribution in [0.25, 0.3) is 0 Å². The first-order chi connectivity index (χ1) is 10.3. The van der Waals surface area contributed by atoms with Crippen LogP contribution >= 0.6 is 0 Å². The molecule has 6 heteroatoms. The molecule has 1 unspecified atom stereocenters. The van der Waals surface area contributed by atoms with Gasteiger partial charge in [-0.2, -0.15) is 0 Å². The third-order valence-electron chi connectivity index (χ3n) is 5.09. The smallest absolute Gasteiger partial charge is 0.410 e. The van der Waals surface area contributed by atoms with Gasteiger partial charge in [0.1, 0.15) is 11.0 Å². The monoisotopic (exact) mass is 327 g/mol. The SMILES string of the molecule is CC1(C)CCCC(O)(C2(C(=O)O)CN(C(=O)OC(C)(C)C)C2)C1. The number of carboxylic acids is 1. The van der Waals surface area contributed by atoms with E-state index in [1.807, 2.05) is 0 Å². The highest BCUT2D eigenvalue weighted by atomic mass is 16.6. The van der Waals surface area contributed by atoms with Crippen LogP contribution in [-0.4, -0.2) is 51.5 Å². The quantitative estimate of drug-likeness (QED) is 0.814. The van der Waals surface area contributed by atoms with Crippen LogP contribution in [0.3, 0.4) is 0 Å². The summed E-state index contributed by atoms with van der Waals surface area (Å²) in [6, 6.07) is 0. The zero-order valence-electron chi connectivity index (χ0n) is 14.8. The molecule has 0 bridgehead atoms. The number of aliphatic carboxylic acids is 1. The van der Waals surface area contributed by atoms with Crippen molar-refractivity contribution in [3.63, 3.8) is 0 Å². The molecule has 0 spiro atoms. The van der Waals surface area contributed by atoms with Crippen LogP contribution in [-0.2, 0) is 9.53 Å². The number of hydrogen-bond acceptors (Lipinski definition) is 4. The van der Waals surface area contributed by atoms with Gasteiger partial charge >= 0.3 is 12.1 Å². The summed E-state index contributed by atoms with van der Waals surface area (Å²) in [5.74, 6) is -1.03. The Morgan fingerprint density at radius 3 is 2.13 bits per heavy atom. The van der Waals surface area contributed by atoms with E-state index in [1.165, 1.54) is 4.90 Å². The molecule has 2 fully saturated rings. The van der Waals surface area contributed by atoms with Gasteiger partial charge in [-0.05, 0) is 45.4 Å². The van der Waals surface area contributed by atoms with E-state index in [1.54, 1.807) is 20.8 Å². The van der Waals surface area contributed by atoms with Crippen LogP contribution in [0.4, 0.5) is 4.79 Å². The Morgan fingerprint density at radius 1 is 1.13 bits per heavy atom. The number of rotatable bonds is 2. The molecule has 132 valence electrons. The summed E-state index contributed by atoms with van der Waals surface area (Å²) in [7, 11) is 0. The van der Waals surface area contributed by atoms with Crippen molar-refractivity contribution in [2.45, 2.75) is 71.5 Å². The normalized spacial score (nSPS) is 29.6. The van der Waals surface area contributed by atoms with Gasteiger partial charge in [-0.1, -0.05) is 20.3 Å². The first-order valence-corrected chi connectivity index (χ1v) is 8.24. The predicted molar refractivity (Wildman–Crippen MR) is 85.1 cm³/mol. The Hall–Kier alpha value is -1.30. The number of carbonyl (C=O) groups excluding carboxylic acids is 1. The van der Waals surface area contributed by atoms with Gasteiger partial charge < -0.3 is 19.8 Å². The summed E-state index contributed by atoms with van der Waals surface area (Å²) >= 11 is 0. The molecular formula is C17H29NO5. The summed E-state index contributed by atoms with van der Waals surface area (Å²) in [4.78, 5) is 25.4. The van der Waals surface area contributed by atoms with Crippen LogP contribution < -0.4 is 0 Å². The lowest BCUT2D eigenvalue weighted by atomic mass is 9.56. The lowest BCUT2D eigenvalue weighted by Crippen LogP contribution is -2.73. The highest BCUT2D eigenvalue weighted by molar-refractivity contribution is 5.82. The molecule has 1 aliphatic carbocycles. The molecule has 0 aromatic carbocycles. The number of hydrogen-bond donors (Lipinski definition) is 2. The van der Waals surface area contributed by atoms with Crippen molar-refractivity contribution in [1.82, 2.24) is 4.90 Å². The van der Waals surface area contributed by atoms with Crippen LogP contribution in [0.1, 0.15) is 60.3 Å². The largest absolute Gasteiger partial charge is 0.481 e. The highest BCUT2D eigenvalue weighted by Gasteiger charge is 2.65. The summed E-state index contributed by atoms with van der Waals surface area (Å²) in [5, 5.41) is 20.9. The zero-order chi connectivity index (χ0) is 17.7. The van der Waals surface area contributed by atoms with Gasteiger partial charge in [0.2, 0.25) is 0 Å². The molecule has 1 heterocycles. The molecule has 2 aliphatic rings. The number of carbonyl (C=O) groups is 2. The molecule has 1 aliphatic heterocycles. The lowest BCUT2D eigenvalue weighted by Gasteiger charge is -2.58. The number of amides is 1. The van der Waals surface area contributed by atoms with Gasteiger partial charge in [-0.15, -0.1) is 0 Å². The molecule has 2 N–H and O–H groups in total. The Balaban J connectivity index is 2.15. The third-order valence-corrected chi connectivity index (χ3v) is 5.09. The minimum Gasteiger partial charge on any atom is -0.481 e. The molecule has 0 radical (unpaired) electrons. The number of aliphatic hydroxyl groups is 1. The fourth-order valence-electron chi connectivity index (χ4n) is 3.93. The Morgan fingerprint density at radius 2 is 1.70 bits per heavy atom. The second-order valence-electron chi connectivity index (χ2n) is 8.95. The van der Waals surface area contributed by atoms with Crippen molar-refractivity contribution in [3.05, 3.63) is 0 Å². The van der Waals surface area contributed by atoms with Gasteiger partial charge in [0.05, 0.1) is 5.60 Å². The molecule has 0 aromatic heterocycles. The zero-order valence-corrected chi connectivity index (χ0v) is 14.8. The van der Waals surface area contributed by atoms with E-state index >= 15 is 0 Å². The minimum absolute atomic E-state index is 0.00380. The molecule has 6 nitrogen and oxygen atoms in total.